The number of nitrogens with zero attached hydrogens (tertiary/aromatic N) is 2. The van der Waals surface area contributed by atoms with Crippen LogP contribution in [0.1, 0.15) is 280 Å². The highest BCUT2D eigenvalue weighted by Crippen LogP contribution is 2.30. The maximum atomic E-state index is 5.31. The lowest BCUT2D eigenvalue weighted by Gasteiger charge is -2.17. The van der Waals surface area contributed by atoms with E-state index in [0.717, 1.165) is 58.5 Å². The van der Waals surface area contributed by atoms with Gasteiger partial charge in [-0.15, -0.1) is 0 Å². The monoisotopic (exact) mass is 899 g/mol. The van der Waals surface area contributed by atoms with Gasteiger partial charge in [-0.2, -0.15) is 0 Å². The standard InChI is InChI=1S/C62H98N4/c1-5-9-13-17-21-23-27-31-35-51(33-29-25-19-15-11-7-3)37-43-57-59-45-39-53(63-59)49-55-41-47-61(65-55)58(62-48-42-56(66-62)50-54-40-46-60(57)64-54)44-38-52(34-30-26-20-16-12-8-4)36-32-28-24-22-18-14-10-6-2/h39-42,45-52,63,65H,5-38,43-44H2,1-4H3. The molecule has 2 aliphatic rings. The Hall–Kier alpha value is -3.40. The van der Waals surface area contributed by atoms with Gasteiger partial charge in [0.1, 0.15) is 0 Å². The molecule has 0 aliphatic carbocycles. The molecule has 5 rings (SSSR count). The first-order valence-electron chi connectivity index (χ1n) is 28.7. The lowest BCUT2D eigenvalue weighted by atomic mass is 9.88. The number of aryl methyl sites for hydroxylation is 2. The van der Waals surface area contributed by atoms with Crippen molar-refractivity contribution in [3.8, 4) is 0 Å². The van der Waals surface area contributed by atoms with Crippen molar-refractivity contribution in [3.63, 3.8) is 0 Å². The van der Waals surface area contributed by atoms with Gasteiger partial charge >= 0.3 is 0 Å². The Labute approximate surface area is 405 Å². The average molecular weight is 899 g/mol. The van der Waals surface area contributed by atoms with Gasteiger partial charge < -0.3 is 9.97 Å². The number of H-pyrrole nitrogens is 2. The summed E-state index contributed by atoms with van der Waals surface area (Å²) in [6.07, 6.45) is 57.8. The Morgan fingerprint density at radius 2 is 0.667 bits per heavy atom. The number of aromatic nitrogens is 4. The topological polar surface area (TPSA) is 57.4 Å². The highest BCUT2D eigenvalue weighted by atomic mass is 14.8. The van der Waals surface area contributed by atoms with E-state index in [1.165, 1.54) is 240 Å². The molecule has 2 aliphatic heterocycles. The number of aromatic amines is 2. The molecule has 0 radical (unpaired) electrons. The molecule has 0 amide bonds. The molecule has 2 atom stereocenters. The second-order valence-electron chi connectivity index (χ2n) is 20.9. The Balaban J connectivity index is 1.35. The molecule has 0 aromatic carbocycles. The van der Waals surface area contributed by atoms with Crippen LogP contribution in [0.2, 0.25) is 0 Å². The van der Waals surface area contributed by atoms with Gasteiger partial charge in [-0.25, -0.2) is 9.97 Å². The first-order valence-corrected chi connectivity index (χ1v) is 28.7. The summed E-state index contributed by atoms with van der Waals surface area (Å²) in [7, 11) is 0. The predicted octanol–water partition coefficient (Wildman–Crippen LogP) is 20.3. The third-order valence-corrected chi connectivity index (χ3v) is 15.1. The minimum atomic E-state index is 0.775. The van der Waals surface area contributed by atoms with Gasteiger partial charge in [-0.05, 0) is 98.2 Å². The van der Waals surface area contributed by atoms with E-state index in [0.29, 0.717) is 0 Å². The first kappa shape index (κ1) is 53.6. The summed E-state index contributed by atoms with van der Waals surface area (Å²) in [6.45, 7) is 9.28. The molecule has 66 heavy (non-hydrogen) atoms. The quantitative estimate of drug-likeness (QED) is 0.0388. The highest BCUT2D eigenvalue weighted by Gasteiger charge is 2.16. The third kappa shape index (κ3) is 20.4. The fourth-order valence-corrected chi connectivity index (χ4v) is 10.8. The van der Waals surface area contributed by atoms with Crippen molar-refractivity contribution in [2.45, 2.75) is 259 Å². The normalized spacial score (nSPS) is 13.3. The Bertz CT molecular complexity index is 1820. The third-order valence-electron chi connectivity index (χ3n) is 15.1. The van der Waals surface area contributed by atoms with Gasteiger partial charge in [0.2, 0.25) is 0 Å². The Morgan fingerprint density at radius 3 is 1.00 bits per heavy atom. The number of unbranched alkanes of at least 4 members (excludes halogenated alkanes) is 24. The van der Waals surface area contributed by atoms with Gasteiger partial charge in [-0.3, -0.25) is 0 Å². The average Bonchev–Trinajstić information content (AvgIpc) is 4.18. The van der Waals surface area contributed by atoms with Crippen molar-refractivity contribution in [1.29, 1.82) is 0 Å². The smallest absolute Gasteiger partial charge is 0.0690 e. The largest absolute Gasteiger partial charge is 0.355 e. The molecule has 2 unspecified atom stereocenters. The summed E-state index contributed by atoms with van der Waals surface area (Å²) in [5.74, 6) is 1.55. The van der Waals surface area contributed by atoms with Crippen LogP contribution in [-0.2, 0) is 12.8 Å². The summed E-state index contributed by atoms with van der Waals surface area (Å²) in [5.41, 5.74) is 11.7. The lowest BCUT2D eigenvalue weighted by Crippen LogP contribution is -2.05. The molecule has 0 spiro atoms. The minimum absolute atomic E-state index is 0.775. The summed E-state index contributed by atoms with van der Waals surface area (Å²) < 4.78 is 0. The van der Waals surface area contributed by atoms with Crippen LogP contribution in [0.5, 0.6) is 0 Å². The molecule has 4 nitrogen and oxygen atoms in total. The summed E-state index contributed by atoms with van der Waals surface area (Å²) in [5, 5.41) is 0. The van der Waals surface area contributed by atoms with Crippen molar-refractivity contribution >= 4 is 46.4 Å². The van der Waals surface area contributed by atoms with Crippen LogP contribution in [0.25, 0.3) is 46.4 Å². The van der Waals surface area contributed by atoms with Crippen LogP contribution in [0, 0.1) is 11.8 Å². The summed E-state index contributed by atoms with van der Waals surface area (Å²) in [6, 6.07) is 13.7. The molecule has 4 heteroatoms. The SMILES string of the molecule is CCCCCCCCCCC(CCCCCCCC)CCc1c2nc(cc3nc(c(CCC(CCCCCCCC)CCCCCCCCCC)c4ccc(cc5ccc1[nH]5)[nH]4)C=C3)C=C2. The van der Waals surface area contributed by atoms with Crippen molar-refractivity contribution in [2.24, 2.45) is 11.8 Å². The van der Waals surface area contributed by atoms with Crippen LogP contribution >= 0.6 is 0 Å². The van der Waals surface area contributed by atoms with E-state index in [4.69, 9.17) is 9.97 Å². The molecule has 5 heterocycles. The molecular formula is C62H98N4. The van der Waals surface area contributed by atoms with Crippen molar-refractivity contribution in [1.82, 2.24) is 19.9 Å². The lowest BCUT2D eigenvalue weighted by molar-refractivity contribution is 0.380. The Kier molecular flexibility index (Phi) is 26.9. The predicted molar refractivity (Wildman–Crippen MR) is 293 cm³/mol. The molecule has 0 saturated heterocycles. The van der Waals surface area contributed by atoms with Crippen molar-refractivity contribution in [3.05, 3.63) is 70.3 Å². The van der Waals surface area contributed by atoms with E-state index in [2.05, 4.69) is 98.4 Å². The van der Waals surface area contributed by atoms with Crippen LogP contribution in [-0.4, -0.2) is 19.9 Å². The Morgan fingerprint density at radius 1 is 0.348 bits per heavy atom. The zero-order valence-electron chi connectivity index (χ0n) is 43.3. The maximum absolute atomic E-state index is 5.31. The van der Waals surface area contributed by atoms with Gasteiger partial charge in [0.15, 0.2) is 0 Å². The van der Waals surface area contributed by atoms with Crippen LogP contribution < -0.4 is 0 Å². The van der Waals surface area contributed by atoms with E-state index < -0.39 is 0 Å². The number of rotatable bonds is 38. The summed E-state index contributed by atoms with van der Waals surface area (Å²) in [4.78, 5) is 18.4. The second-order valence-corrected chi connectivity index (χ2v) is 20.9. The highest BCUT2D eigenvalue weighted by molar-refractivity contribution is 5.80. The van der Waals surface area contributed by atoms with E-state index >= 15 is 0 Å². The van der Waals surface area contributed by atoms with Gasteiger partial charge in [0.25, 0.3) is 0 Å². The second kappa shape index (κ2) is 33.2. The van der Waals surface area contributed by atoms with E-state index in [1.54, 1.807) is 0 Å². The summed E-state index contributed by atoms with van der Waals surface area (Å²) >= 11 is 0. The molecule has 0 fully saturated rings. The number of nitrogens with one attached hydrogen (secondary N) is 2. The number of fused-ring (bicyclic) bond motifs is 8. The molecule has 3 aromatic heterocycles. The zero-order valence-corrected chi connectivity index (χ0v) is 43.3. The van der Waals surface area contributed by atoms with E-state index in [1.807, 2.05) is 0 Å². The molecule has 366 valence electrons. The fourth-order valence-electron chi connectivity index (χ4n) is 10.8. The van der Waals surface area contributed by atoms with Gasteiger partial charge in [0, 0.05) is 33.2 Å². The zero-order chi connectivity index (χ0) is 46.3. The van der Waals surface area contributed by atoms with Crippen molar-refractivity contribution in [2.75, 3.05) is 0 Å². The van der Waals surface area contributed by atoms with Gasteiger partial charge in [0.05, 0.1) is 22.8 Å². The van der Waals surface area contributed by atoms with Gasteiger partial charge in [-0.1, -0.05) is 233 Å². The number of hydrogen-bond donors (Lipinski definition) is 2. The molecule has 2 N–H and O–H groups in total. The van der Waals surface area contributed by atoms with Crippen LogP contribution in [0.4, 0.5) is 0 Å². The first-order chi connectivity index (χ1) is 32.6. The molecule has 3 aromatic rings. The minimum Gasteiger partial charge on any atom is -0.355 e. The fraction of sp³-hybridized carbons (Fsp3) is 0.677. The molecular weight excluding hydrogens is 801 g/mol. The number of hydrogen-bond acceptors (Lipinski definition) is 2. The van der Waals surface area contributed by atoms with E-state index in [-0.39, 0.29) is 0 Å². The molecule has 8 bridgehead atoms. The maximum Gasteiger partial charge on any atom is 0.0690 e. The van der Waals surface area contributed by atoms with Crippen molar-refractivity contribution < 1.29 is 0 Å². The van der Waals surface area contributed by atoms with E-state index in [9.17, 15) is 0 Å². The molecule has 0 saturated carbocycles. The van der Waals surface area contributed by atoms with Crippen LogP contribution in [0.15, 0.2) is 36.4 Å². The van der Waals surface area contributed by atoms with Crippen LogP contribution in [0.3, 0.4) is 0 Å².